The van der Waals surface area contributed by atoms with Crippen LogP contribution in [0.2, 0.25) is 0 Å². The van der Waals surface area contributed by atoms with Gasteiger partial charge in [-0.2, -0.15) is 0 Å². The number of carbonyl (C=O) groups is 2. The van der Waals surface area contributed by atoms with E-state index in [1.165, 1.54) is 6.26 Å². The molecular weight excluding hydrogens is 274 g/mol. The first kappa shape index (κ1) is 15.6. The Morgan fingerprint density at radius 2 is 2.24 bits per heavy atom. The molecule has 6 nitrogen and oxygen atoms in total. The zero-order chi connectivity index (χ0) is 15.6. The van der Waals surface area contributed by atoms with Crippen molar-refractivity contribution in [3.8, 4) is 0 Å². The lowest BCUT2D eigenvalue weighted by Gasteiger charge is -2.23. The second-order valence-electron chi connectivity index (χ2n) is 5.66. The molecule has 0 aliphatic carbocycles. The second-order valence-corrected chi connectivity index (χ2v) is 5.66. The van der Waals surface area contributed by atoms with Crippen LogP contribution in [0.5, 0.6) is 0 Å². The highest BCUT2D eigenvalue weighted by Crippen LogP contribution is 2.28. The Kier molecular flexibility index (Phi) is 4.67. The molecule has 116 valence electrons. The van der Waals surface area contributed by atoms with E-state index >= 15 is 0 Å². The van der Waals surface area contributed by atoms with E-state index in [1.54, 1.807) is 18.1 Å². The number of carboxylic acids is 1. The Labute approximate surface area is 123 Å². The largest absolute Gasteiger partial charge is 0.481 e. The van der Waals surface area contributed by atoms with Gasteiger partial charge in [0, 0.05) is 25.3 Å². The molecule has 6 heteroatoms. The van der Waals surface area contributed by atoms with Crippen LogP contribution >= 0.6 is 0 Å². The van der Waals surface area contributed by atoms with Crippen molar-refractivity contribution in [2.24, 2.45) is 0 Å². The number of furan rings is 1. The minimum absolute atomic E-state index is 0.0800. The smallest absolute Gasteiger partial charge is 0.305 e. The number of carbonyl (C=O) groups excluding carboxylic acids is 1. The summed E-state index contributed by atoms with van der Waals surface area (Å²) in [6, 6.07) is 1.43. The van der Waals surface area contributed by atoms with Crippen LogP contribution in [0.1, 0.15) is 48.7 Å². The van der Waals surface area contributed by atoms with Gasteiger partial charge in [0.2, 0.25) is 0 Å². The van der Waals surface area contributed by atoms with Crippen molar-refractivity contribution >= 4 is 11.9 Å². The third-order valence-corrected chi connectivity index (χ3v) is 3.89. The van der Waals surface area contributed by atoms with Gasteiger partial charge in [-0.25, -0.2) is 0 Å². The number of amides is 1. The van der Waals surface area contributed by atoms with E-state index in [2.05, 4.69) is 0 Å². The molecule has 0 bridgehead atoms. The summed E-state index contributed by atoms with van der Waals surface area (Å²) in [5, 5.41) is 9.00. The highest BCUT2D eigenvalue weighted by atomic mass is 16.5. The Balaban J connectivity index is 2.22. The highest BCUT2D eigenvalue weighted by molar-refractivity contribution is 5.93. The van der Waals surface area contributed by atoms with Gasteiger partial charge in [-0.05, 0) is 18.4 Å². The molecule has 0 aromatic carbocycles. The van der Waals surface area contributed by atoms with E-state index in [9.17, 15) is 9.59 Å². The van der Waals surface area contributed by atoms with Crippen LogP contribution in [-0.2, 0) is 9.53 Å². The molecule has 1 N–H and O–H groups in total. The Morgan fingerprint density at radius 3 is 2.81 bits per heavy atom. The van der Waals surface area contributed by atoms with Gasteiger partial charge in [0.05, 0.1) is 18.8 Å². The summed E-state index contributed by atoms with van der Waals surface area (Å²) in [7, 11) is 1.57. The Bertz CT molecular complexity index is 522. The van der Waals surface area contributed by atoms with Gasteiger partial charge in [0.25, 0.3) is 5.91 Å². The molecule has 1 saturated heterocycles. The zero-order valence-corrected chi connectivity index (χ0v) is 12.5. The van der Waals surface area contributed by atoms with E-state index < -0.39 is 5.97 Å². The number of nitrogens with zero attached hydrogens (tertiary/aromatic N) is 1. The molecule has 2 atom stereocenters. The van der Waals surface area contributed by atoms with Crippen molar-refractivity contribution in [3.05, 3.63) is 23.7 Å². The topological polar surface area (TPSA) is 80.0 Å². The minimum atomic E-state index is -0.918. The average molecular weight is 295 g/mol. The molecule has 2 rings (SSSR count). The summed E-state index contributed by atoms with van der Waals surface area (Å²) < 4.78 is 10.6. The number of likely N-dealkylation sites (tertiary alicyclic amines) is 1. The minimum Gasteiger partial charge on any atom is -0.481 e. The lowest BCUT2D eigenvalue weighted by Crippen LogP contribution is -2.37. The SMILES string of the molecule is CO[C@H]1C[C@H](CC(=O)O)N(C(=O)c2occc2C(C)C)C1. The number of carboxylic acid groups (broad SMARTS) is 1. The van der Waals surface area contributed by atoms with Gasteiger partial charge in [0.15, 0.2) is 5.76 Å². The van der Waals surface area contributed by atoms with Gasteiger partial charge >= 0.3 is 5.97 Å². The lowest BCUT2D eigenvalue weighted by atomic mass is 10.0. The van der Waals surface area contributed by atoms with Crippen LogP contribution in [0.4, 0.5) is 0 Å². The fourth-order valence-corrected chi connectivity index (χ4v) is 2.77. The zero-order valence-electron chi connectivity index (χ0n) is 12.5. The summed E-state index contributed by atoms with van der Waals surface area (Å²) in [6.45, 7) is 4.36. The third-order valence-electron chi connectivity index (χ3n) is 3.89. The van der Waals surface area contributed by atoms with Crippen LogP contribution in [-0.4, -0.2) is 47.7 Å². The number of methoxy groups -OCH3 is 1. The standard InChI is InChI=1S/C15H21NO5/c1-9(2)12-4-5-21-14(12)15(19)16-8-11(20-3)6-10(16)7-13(17)18/h4-5,9-11H,6-8H2,1-3H3,(H,17,18)/t10-,11+/m1/s1. The lowest BCUT2D eigenvalue weighted by molar-refractivity contribution is -0.138. The van der Waals surface area contributed by atoms with Crippen LogP contribution in [0, 0.1) is 0 Å². The summed E-state index contributed by atoms with van der Waals surface area (Å²) in [4.78, 5) is 25.2. The van der Waals surface area contributed by atoms with Crippen molar-refractivity contribution in [2.45, 2.75) is 44.8 Å². The number of rotatable bonds is 5. The van der Waals surface area contributed by atoms with E-state index in [0.717, 1.165) is 5.56 Å². The van der Waals surface area contributed by atoms with Gasteiger partial charge in [-0.15, -0.1) is 0 Å². The van der Waals surface area contributed by atoms with E-state index in [0.29, 0.717) is 18.7 Å². The summed E-state index contributed by atoms with van der Waals surface area (Å²) in [6.07, 6.45) is 1.82. The molecule has 1 aliphatic heterocycles. The van der Waals surface area contributed by atoms with Gasteiger partial charge in [0.1, 0.15) is 0 Å². The van der Waals surface area contributed by atoms with Crippen molar-refractivity contribution in [2.75, 3.05) is 13.7 Å². The summed E-state index contributed by atoms with van der Waals surface area (Å²) >= 11 is 0. The molecule has 1 amide bonds. The molecule has 2 heterocycles. The van der Waals surface area contributed by atoms with Crippen LogP contribution in [0.15, 0.2) is 16.7 Å². The normalized spacial score (nSPS) is 22.0. The number of ether oxygens (including phenoxy) is 1. The Morgan fingerprint density at radius 1 is 1.52 bits per heavy atom. The van der Waals surface area contributed by atoms with Crippen molar-refractivity contribution in [3.63, 3.8) is 0 Å². The first-order valence-corrected chi connectivity index (χ1v) is 7.07. The maximum absolute atomic E-state index is 12.7. The molecule has 1 aliphatic rings. The van der Waals surface area contributed by atoms with E-state index in [4.69, 9.17) is 14.3 Å². The predicted molar refractivity (Wildman–Crippen MR) is 75.3 cm³/mol. The van der Waals surface area contributed by atoms with Crippen molar-refractivity contribution in [1.29, 1.82) is 0 Å². The first-order chi connectivity index (χ1) is 9.93. The van der Waals surface area contributed by atoms with Crippen molar-refractivity contribution in [1.82, 2.24) is 4.90 Å². The molecule has 1 aromatic rings. The van der Waals surface area contributed by atoms with Gasteiger partial charge in [-0.3, -0.25) is 9.59 Å². The molecular formula is C15H21NO5. The molecule has 0 saturated carbocycles. The van der Waals surface area contributed by atoms with Crippen LogP contribution in [0.25, 0.3) is 0 Å². The van der Waals surface area contributed by atoms with Crippen molar-refractivity contribution < 1.29 is 23.8 Å². The van der Waals surface area contributed by atoms with Crippen LogP contribution in [0.3, 0.4) is 0 Å². The molecule has 1 aromatic heterocycles. The van der Waals surface area contributed by atoms with E-state index in [-0.39, 0.29) is 30.4 Å². The number of hydrogen-bond donors (Lipinski definition) is 1. The number of hydrogen-bond acceptors (Lipinski definition) is 4. The number of aliphatic carboxylic acids is 1. The average Bonchev–Trinajstić information content (AvgIpc) is 3.03. The van der Waals surface area contributed by atoms with Crippen LogP contribution < -0.4 is 0 Å². The highest BCUT2D eigenvalue weighted by Gasteiger charge is 2.38. The molecule has 21 heavy (non-hydrogen) atoms. The maximum atomic E-state index is 12.7. The first-order valence-electron chi connectivity index (χ1n) is 7.07. The molecule has 1 fully saturated rings. The fourth-order valence-electron chi connectivity index (χ4n) is 2.77. The molecule has 0 radical (unpaired) electrons. The monoisotopic (exact) mass is 295 g/mol. The summed E-state index contributed by atoms with van der Waals surface area (Å²) in [5.74, 6) is -0.703. The van der Waals surface area contributed by atoms with E-state index in [1.807, 2.05) is 13.8 Å². The maximum Gasteiger partial charge on any atom is 0.305 e. The third kappa shape index (κ3) is 3.26. The Hall–Kier alpha value is -1.82. The second kappa shape index (κ2) is 6.30. The van der Waals surface area contributed by atoms with Gasteiger partial charge in [-0.1, -0.05) is 13.8 Å². The molecule has 0 unspecified atom stereocenters. The summed E-state index contributed by atoms with van der Waals surface area (Å²) in [5.41, 5.74) is 0.843. The quantitative estimate of drug-likeness (QED) is 0.900. The van der Waals surface area contributed by atoms with Gasteiger partial charge < -0.3 is 19.2 Å². The fraction of sp³-hybridized carbons (Fsp3) is 0.600. The predicted octanol–water partition coefficient (Wildman–Crippen LogP) is 2.11. The molecule has 0 spiro atoms.